The Hall–Kier alpha value is -1.34. The molecular weight excluding hydrogens is 260 g/mol. The highest BCUT2D eigenvalue weighted by Crippen LogP contribution is 2.12. The molecule has 0 bridgehead atoms. The van der Waals surface area contributed by atoms with E-state index in [-0.39, 0.29) is 18.5 Å². The number of carbonyl (C=O) groups excluding carboxylic acids is 1. The number of urea groups is 1. The first-order valence-electron chi connectivity index (χ1n) is 7.30. The van der Waals surface area contributed by atoms with Crippen LogP contribution in [0.1, 0.15) is 19.3 Å². The minimum absolute atomic E-state index is 0.106. The lowest BCUT2D eigenvalue weighted by Crippen LogP contribution is -2.55. The number of carboxylic acid groups (broad SMARTS) is 1. The normalized spacial score (nSPS) is 22.1. The summed E-state index contributed by atoms with van der Waals surface area (Å²) < 4.78 is 0. The molecule has 7 heteroatoms. The molecule has 2 amide bonds. The van der Waals surface area contributed by atoms with E-state index in [1.807, 2.05) is 9.80 Å². The molecule has 0 aliphatic carbocycles. The number of rotatable bonds is 3. The molecule has 2 rings (SSSR count). The fourth-order valence-corrected chi connectivity index (χ4v) is 2.71. The molecule has 0 radical (unpaired) electrons. The van der Waals surface area contributed by atoms with Gasteiger partial charge in [0.2, 0.25) is 0 Å². The van der Waals surface area contributed by atoms with E-state index in [0.717, 1.165) is 39.0 Å². The number of carboxylic acids is 1. The van der Waals surface area contributed by atoms with Crippen LogP contribution < -0.4 is 5.73 Å². The number of amides is 2. The number of carbonyl (C=O) groups is 2. The molecule has 0 aromatic rings. The van der Waals surface area contributed by atoms with Crippen molar-refractivity contribution in [1.82, 2.24) is 14.7 Å². The average molecular weight is 284 g/mol. The number of nitrogens with two attached hydrogens (primary N) is 1. The first kappa shape index (κ1) is 15.1. The van der Waals surface area contributed by atoms with Crippen molar-refractivity contribution in [2.75, 3.05) is 45.8 Å². The summed E-state index contributed by atoms with van der Waals surface area (Å²) in [5.41, 5.74) is 5.85. The molecule has 3 N–H and O–H groups in total. The monoisotopic (exact) mass is 284 g/mol. The van der Waals surface area contributed by atoms with Crippen molar-refractivity contribution in [2.24, 2.45) is 5.73 Å². The van der Waals surface area contributed by atoms with Crippen molar-refractivity contribution in [3.8, 4) is 0 Å². The summed E-state index contributed by atoms with van der Waals surface area (Å²) in [6, 6.07) is 0.335. The summed E-state index contributed by atoms with van der Waals surface area (Å²) in [5, 5.41) is 8.67. The van der Waals surface area contributed by atoms with Gasteiger partial charge in [0.05, 0.1) is 6.42 Å². The number of nitrogens with zero attached hydrogens (tertiary/aromatic N) is 3. The van der Waals surface area contributed by atoms with E-state index >= 15 is 0 Å². The zero-order valence-electron chi connectivity index (χ0n) is 11.8. The van der Waals surface area contributed by atoms with Gasteiger partial charge in [-0.3, -0.25) is 9.69 Å². The predicted molar refractivity (Wildman–Crippen MR) is 74.4 cm³/mol. The Bertz CT molecular complexity index is 348. The SMILES string of the molecule is NC1CCN(C(=O)N2CCN(CCC(=O)O)CC2)CC1. The molecule has 0 unspecified atom stereocenters. The fourth-order valence-electron chi connectivity index (χ4n) is 2.71. The zero-order chi connectivity index (χ0) is 14.5. The quantitative estimate of drug-likeness (QED) is 0.737. The van der Waals surface area contributed by atoms with E-state index in [1.165, 1.54) is 0 Å². The number of hydrogen-bond acceptors (Lipinski definition) is 4. The summed E-state index contributed by atoms with van der Waals surface area (Å²) in [5.74, 6) is -0.770. The second-order valence-corrected chi connectivity index (χ2v) is 5.58. The van der Waals surface area contributed by atoms with Crippen LogP contribution in [0.2, 0.25) is 0 Å². The van der Waals surface area contributed by atoms with E-state index < -0.39 is 5.97 Å². The van der Waals surface area contributed by atoms with Crippen LogP contribution in [0.4, 0.5) is 4.79 Å². The largest absolute Gasteiger partial charge is 0.481 e. The van der Waals surface area contributed by atoms with E-state index in [1.54, 1.807) is 0 Å². The lowest BCUT2D eigenvalue weighted by atomic mass is 10.1. The van der Waals surface area contributed by atoms with Gasteiger partial charge in [-0.2, -0.15) is 0 Å². The topological polar surface area (TPSA) is 90.1 Å². The minimum atomic E-state index is -0.770. The van der Waals surface area contributed by atoms with Crippen LogP contribution in [0.15, 0.2) is 0 Å². The van der Waals surface area contributed by atoms with Crippen LogP contribution >= 0.6 is 0 Å². The molecule has 114 valence electrons. The summed E-state index contributed by atoms with van der Waals surface area (Å²) in [4.78, 5) is 28.7. The number of aliphatic carboxylic acids is 1. The Kier molecular flexibility index (Phi) is 5.19. The Morgan fingerprint density at radius 3 is 2.10 bits per heavy atom. The van der Waals surface area contributed by atoms with Gasteiger partial charge in [0, 0.05) is 51.9 Å². The highest BCUT2D eigenvalue weighted by atomic mass is 16.4. The molecule has 2 saturated heterocycles. The van der Waals surface area contributed by atoms with Gasteiger partial charge in [-0.05, 0) is 12.8 Å². The molecule has 2 fully saturated rings. The van der Waals surface area contributed by atoms with Crippen LogP contribution in [0.5, 0.6) is 0 Å². The van der Waals surface area contributed by atoms with E-state index in [4.69, 9.17) is 10.8 Å². The number of likely N-dealkylation sites (tertiary alicyclic amines) is 1. The number of piperazine rings is 1. The van der Waals surface area contributed by atoms with Crippen molar-refractivity contribution in [3.05, 3.63) is 0 Å². The van der Waals surface area contributed by atoms with Crippen molar-refractivity contribution in [3.63, 3.8) is 0 Å². The molecule has 2 aliphatic rings. The van der Waals surface area contributed by atoms with Gasteiger partial charge >= 0.3 is 12.0 Å². The maximum absolute atomic E-state index is 12.3. The van der Waals surface area contributed by atoms with Crippen molar-refractivity contribution < 1.29 is 14.7 Å². The molecule has 0 atom stereocenters. The smallest absolute Gasteiger partial charge is 0.320 e. The predicted octanol–water partition coefficient (Wildman–Crippen LogP) is -0.378. The average Bonchev–Trinajstić information content (AvgIpc) is 2.46. The third-order valence-electron chi connectivity index (χ3n) is 4.09. The van der Waals surface area contributed by atoms with Crippen LogP contribution in [-0.2, 0) is 4.79 Å². The minimum Gasteiger partial charge on any atom is -0.481 e. The van der Waals surface area contributed by atoms with Crippen LogP contribution in [0.25, 0.3) is 0 Å². The van der Waals surface area contributed by atoms with E-state index in [0.29, 0.717) is 19.6 Å². The molecule has 0 aromatic heterocycles. The van der Waals surface area contributed by atoms with Crippen molar-refractivity contribution in [2.45, 2.75) is 25.3 Å². The highest BCUT2D eigenvalue weighted by Gasteiger charge is 2.27. The molecule has 0 saturated carbocycles. The Morgan fingerprint density at radius 2 is 1.55 bits per heavy atom. The maximum Gasteiger partial charge on any atom is 0.320 e. The molecule has 7 nitrogen and oxygen atoms in total. The van der Waals surface area contributed by atoms with Gasteiger partial charge in [0.1, 0.15) is 0 Å². The second-order valence-electron chi connectivity index (χ2n) is 5.58. The Balaban J connectivity index is 1.73. The van der Waals surface area contributed by atoms with Gasteiger partial charge < -0.3 is 20.6 Å². The van der Waals surface area contributed by atoms with Crippen molar-refractivity contribution >= 4 is 12.0 Å². The standard InChI is InChI=1S/C13H24N4O3/c14-11-1-5-16(6-2-11)13(20)17-9-7-15(8-10-17)4-3-12(18)19/h11H,1-10,14H2,(H,18,19). The van der Waals surface area contributed by atoms with Gasteiger partial charge in [-0.25, -0.2) is 4.79 Å². The Labute approximate surface area is 119 Å². The van der Waals surface area contributed by atoms with Crippen LogP contribution in [-0.4, -0.2) is 83.7 Å². The molecular formula is C13H24N4O3. The van der Waals surface area contributed by atoms with Crippen molar-refractivity contribution in [1.29, 1.82) is 0 Å². The van der Waals surface area contributed by atoms with Gasteiger partial charge in [0.25, 0.3) is 0 Å². The Morgan fingerprint density at radius 1 is 1.00 bits per heavy atom. The maximum atomic E-state index is 12.3. The third kappa shape index (κ3) is 4.08. The van der Waals surface area contributed by atoms with Crippen LogP contribution in [0, 0.1) is 0 Å². The first-order chi connectivity index (χ1) is 9.56. The summed E-state index contributed by atoms with van der Waals surface area (Å²) >= 11 is 0. The summed E-state index contributed by atoms with van der Waals surface area (Å²) in [6.45, 7) is 4.94. The van der Waals surface area contributed by atoms with E-state index in [2.05, 4.69) is 4.90 Å². The molecule has 2 aliphatic heterocycles. The molecule has 2 heterocycles. The molecule has 0 spiro atoms. The summed E-state index contributed by atoms with van der Waals surface area (Å²) in [7, 11) is 0. The first-order valence-corrected chi connectivity index (χ1v) is 7.30. The van der Waals surface area contributed by atoms with Gasteiger partial charge in [-0.15, -0.1) is 0 Å². The number of hydrogen-bond donors (Lipinski definition) is 2. The second kappa shape index (κ2) is 6.90. The fraction of sp³-hybridized carbons (Fsp3) is 0.846. The van der Waals surface area contributed by atoms with E-state index in [9.17, 15) is 9.59 Å². The molecule has 0 aromatic carbocycles. The highest BCUT2D eigenvalue weighted by molar-refractivity contribution is 5.74. The van der Waals surface area contributed by atoms with Crippen LogP contribution in [0.3, 0.4) is 0 Å². The molecule has 20 heavy (non-hydrogen) atoms. The summed E-state index contributed by atoms with van der Waals surface area (Å²) in [6.07, 6.45) is 1.92. The number of piperidine rings is 1. The zero-order valence-corrected chi connectivity index (χ0v) is 11.8. The lowest BCUT2D eigenvalue weighted by Gasteiger charge is -2.39. The third-order valence-corrected chi connectivity index (χ3v) is 4.09. The lowest BCUT2D eigenvalue weighted by molar-refractivity contribution is -0.137. The van der Waals surface area contributed by atoms with Gasteiger partial charge in [0.15, 0.2) is 0 Å². The van der Waals surface area contributed by atoms with Gasteiger partial charge in [-0.1, -0.05) is 0 Å².